The summed E-state index contributed by atoms with van der Waals surface area (Å²) < 4.78 is 43.3. The molecule has 11 heteroatoms. The van der Waals surface area contributed by atoms with Crippen molar-refractivity contribution in [1.29, 1.82) is 5.26 Å². The van der Waals surface area contributed by atoms with Crippen LogP contribution >= 0.6 is 0 Å². The maximum absolute atomic E-state index is 13.4. The summed E-state index contributed by atoms with van der Waals surface area (Å²) in [5, 5.41) is 15.9. The van der Waals surface area contributed by atoms with Crippen molar-refractivity contribution in [2.75, 3.05) is 16.8 Å². The van der Waals surface area contributed by atoms with E-state index >= 15 is 0 Å². The van der Waals surface area contributed by atoms with Gasteiger partial charge in [0.2, 0.25) is 0 Å². The van der Waals surface area contributed by atoms with E-state index in [4.69, 9.17) is 10.00 Å². The molecule has 34 heavy (non-hydrogen) atoms. The van der Waals surface area contributed by atoms with Gasteiger partial charge in [-0.3, -0.25) is 14.3 Å². The lowest BCUT2D eigenvalue weighted by atomic mass is 10.1. The maximum atomic E-state index is 13.4. The highest BCUT2D eigenvalue weighted by molar-refractivity contribution is 6.13. The van der Waals surface area contributed by atoms with Crippen LogP contribution in [0.5, 0.6) is 5.75 Å². The number of rotatable bonds is 5. The van der Waals surface area contributed by atoms with Gasteiger partial charge < -0.3 is 15.0 Å². The molecule has 1 unspecified atom stereocenters. The Morgan fingerprint density at radius 2 is 2.00 bits per heavy atom. The van der Waals surface area contributed by atoms with Crippen molar-refractivity contribution in [3.8, 4) is 11.8 Å². The van der Waals surface area contributed by atoms with Gasteiger partial charge in [0.05, 0.1) is 36.1 Å². The number of nitrogens with zero attached hydrogens (tertiary/aromatic N) is 4. The predicted octanol–water partition coefficient (Wildman–Crippen LogP) is 4.00. The van der Waals surface area contributed by atoms with E-state index in [1.54, 1.807) is 18.2 Å². The van der Waals surface area contributed by atoms with Crippen LogP contribution in [0.1, 0.15) is 33.3 Å². The number of nitrogens with one attached hydrogen (secondary N) is 1. The van der Waals surface area contributed by atoms with Gasteiger partial charge in [-0.25, -0.2) is 0 Å². The molecule has 1 aromatic heterocycles. The number of ether oxygens (including phenoxy) is 1. The third-order valence-corrected chi connectivity index (χ3v) is 5.16. The molecule has 1 N–H and O–H groups in total. The van der Waals surface area contributed by atoms with Gasteiger partial charge >= 0.3 is 6.18 Å². The van der Waals surface area contributed by atoms with E-state index in [0.29, 0.717) is 17.8 Å². The van der Waals surface area contributed by atoms with Crippen LogP contribution in [0.3, 0.4) is 0 Å². The third-order valence-electron chi connectivity index (χ3n) is 5.16. The quantitative estimate of drug-likeness (QED) is 0.609. The number of hydrogen-bond acceptors (Lipinski definition) is 5. The van der Waals surface area contributed by atoms with Gasteiger partial charge in [-0.2, -0.15) is 23.5 Å². The lowest BCUT2D eigenvalue weighted by molar-refractivity contribution is -0.153. The van der Waals surface area contributed by atoms with Crippen LogP contribution in [-0.4, -0.2) is 40.4 Å². The first kappa shape index (κ1) is 22.8. The van der Waals surface area contributed by atoms with Gasteiger partial charge in [-0.15, -0.1) is 0 Å². The predicted molar refractivity (Wildman–Crippen MR) is 116 cm³/mol. The molecule has 0 radical (unpaired) electrons. The van der Waals surface area contributed by atoms with Gasteiger partial charge in [0.25, 0.3) is 11.8 Å². The summed E-state index contributed by atoms with van der Waals surface area (Å²) in [7, 11) is 0. The smallest absolute Gasteiger partial charge is 0.422 e. The summed E-state index contributed by atoms with van der Waals surface area (Å²) in [5.41, 5.74) is 1.41. The summed E-state index contributed by atoms with van der Waals surface area (Å²) in [6, 6.07) is 13.5. The number of aromatic nitrogens is 2. The zero-order valence-corrected chi connectivity index (χ0v) is 17.8. The number of carbonyl (C=O) groups is 2. The molecule has 2 aromatic carbocycles. The van der Waals surface area contributed by atoms with E-state index in [1.807, 2.05) is 13.0 Å². The lowest BCUT2D eigenvalue weighted by Crippen LogP contribution is -2.47. The Kier molecular flexibility index (Phi) is 5.98. The zero-order chi connectivity index (χ0) is 24.5. The van der Waals surface area contributed by atoms with E-state index in [1.165, 1.54) is 46.1 Å². The average Bonchev–Trinajstić information content (AvgIpc) is 3.20. The molecule has 2 heterocycles. The highest BCUT2D eigenvalue weighted by Gasteiger charge is 2.35. The zero-order valence-electron chi connectivity index (χ0n) is 17.8. The molecule has 8 nitrogen and oxygen atoms in total. The molecule has 1 aliphatic heterocycles. The number of fused-ring (bicyclic) bond motifs is 1. The van der Waals surface area contributed by atoms with Crippen molar-refractivity contribution >= 4 is 23.2 Å². The van der Waals surface area contributed by atoms with Gasteiger partial charge in [0.15, 0.2) is 6.61 Å². The minimum atomic E-state index is -4.45. The Hall–Kier alpha value is -4.33. The number of amides is 2. The first-order chi connectivity index (χ1) is 16.2. The van der Waals surface area contributed by atoms with Crippen LogP contribution in [0.25, 0.3) is 0 Å². The number of halogens is 3. The molecule has 3 aromatic rings. The van der Waals surface area contributed by atoms with Crippen molar-refractivity contribution < 1.29 is 27.5 Å². The van der Waals surface area contributed by atoms with Crippen molar-refractivity contribution in [1.82, 2.24) is 9.78 Å². The molecule has 4 rings (SSSR count). The second-order valence-electron chi connectivity index (χ2n) is 7.66. The molecule has 0 saturated carbocycles. The molecule has 1 atom stereocenters. The van der Waals surface area contributed by atoms with E-state index in [2.05, 4.69) is 10.4 Å². The Balaban J connectivity index is 1.55. The molecule has 1 aliphatic rings. The fraction of sp³-hybridized carbons (Fsp3) is 0.217. The van der Waals surface area contributed by atoms with Gasteiger partial charge in [0.1, 0.15) is 11.4 Å². The molecule has 0 aliphatic carbocycles. The standard InChI is InChI=1S/C23H18F3N5O3/c1-14-12-30-20(19(11-28-30)29-21(32)16-4-2-3-15(9-16)10-27)22(33)31(14)17-5-7-18(8-6-17)34-13-23(24,25)26/h2-9,11,14H,12-13H2,1H3,(H,29,32). The van der Waals surface area contributed by atoms with Crippen LogP contribution in [0, 0.1) is 11.3 Å². The Morgan fingerprint density at radius 1 is 1.26 bits per heavy atom. The molecular weight excluding hydrogens is 451 g/mol. The van der Waals surface area contributed by atoms with Gasteiger partial charge in [-0.1, -0.05) is 6.07 Å². The van der Waals surface area contributed by atoms with E-state index < -0.39 is 24.6 Å². The van der Waals surface area contributed by atoms with Crippen LogP contribution in [0.15, 0.2) is 54.7 Å². The van der Waals surface area contributed by atoms with Crippen molar-refractivity contribution in [2.24, 2.45) is 0 Å². The number of hydrogen-bond donors (Lipinski definition) is 1. The largest absolute Gasteiger partial charge is 0.484 e. The van der Waals surface area contributed by atoms with Crippen molar-refractivity contribution in [2.45, 2.75) is 25.7 Å². The molecule has 0 saturated heterocycles. The normalized spacial score (nSPS) is 15.4. The van der Waals surface area contributed by atoms with Gasteiger partial charge in [-0.05, 0) is 49.4 Å². The van der Waals surface area contributed by atoms with Crippen LogP contribution in [-0.2, 0) is 6.54 Å². The Bertz CT molecular complexity index is 1280. The molecule has 2 amide bonds. The average molecular weight is 469 g/mol. The first-order valence-electron chi connectivity index (χ1n) is 10.2. The summed E-state index contributed by atoms with van der Waals surface area (Å²) in [6.45, 7) is 0.736. The molecule has 0 fully saturated rings. The van der Waals surface area contributed by atoms with Crippen LogP contribution in [0.4, 0.5) is 24.5 Å². The molecule has 0 bridgehead atoms. The molecular formula is C23H18F3N5O3. The highest BCUT2D eigenvalue weighted by Crippen LogP contribution is 2.30. The van der Waals surface area contributed by atoms with E-state index in [-0.39, 0.29) is 28.7 Å². The monoisotopic (exact) mass is 469 g/mol. The fourth-order valence-corrected chi connectivity index (χ4v) is 3.65. The second kappa shape index (κ2) is 8.90. The molecule has 0 spiro atoms. The van der Waals surface area contributed by atoms with Crippen LogP contribution < -0.4 is 15.0 Å². The Morgan fingerprint density at radius 3 is 2.68 bits per heavy atom. The number of nitriles is 1. The first-order valence-corrected chi connectivity index (χ1v) is 10.2. The SMILES string of the molecule is CC1Cn2ncc(NC(=O)c3cccc(C#N)c3)c2C(=O)N1c1ccc(OCC(F)(F)F)cc1. The van der Waals surface area contributed by atoms with Crippen molar-refractivity contribution in [3.63, 3.8) is 0 Å². The van der Waals surface area contributed by atoms with E-state index in [0.717, 1.165) is 0 Å². The lowest BCUT2D eigenvalue weighted by Gasteiger charge is -2.34. The number of alkyl halides is 3. The second-order valence-corrected chi connectivity index (χ2v) is 7.66. The number of anilines is 2. The third kappa shape index (κ3) is 4.71. The summed E-state index contributed by atoms with van der Waals surface area (Å²) in [5.74, 6) is -0.908. The summed E-state index contributed by atoms with van der Waals surface area (Å²) >= 11 is 0. The highest BCUT2D eigenvalue weighted by atomic mass is 19.4. The summed E-state index contributed by atoms with van der Waals surface area (Å²) in [4.78, 5) is 27.5. The van der Waals surface area contributed by atoms with Gasteiger partial charge in [0, 0.05) is 11.3 Å². The Labute approximate surface area is 192 Å². The topological polar surface area (TPSA) is 100 Å². The van der Waals surface area contributed by atoms with Crippen LogP contribution in [0.2, 0.25) is 0 Å². The summed E-state index contributed by atoms with van der Waals surface area (Å²) in [6.07, 6.45) is -3.07. The maximum Gasteiger partial charge on any atom is 0.422 e. The fourth-order valence-electron chi connectivity index (χ4n) is 3.65. The van der Waals surface area contributed by atoms with E-state index in [9.17, 15) is 22.8 Å². The number of benzene rings is 2. The molecule has 174 valence electrons. The number of carbonyl (C=O) groups excluding carboxylic acids is 2. The van der Waals surface area contributed by atoms with Crippen molar-refractivity contribution in [3.05, 3.63) is 71.5 Å². The minimum Gasteiger partial charge on any atom is -0.484 e. The minimum absolute atomic E-state index is 0.0239.